The number of hydrogen-bond donors (Lipinski definition) is 2. The van der Waals surface area contributed by atoms with E-state index in [2.05, 4.69) is 6.92 Å². The van der Waals surface area contributed by atoms with E-state index in [9.17, 15) is 13.2 Å². The third kappa shape index (κ3) is 2.88. The van der Waals surface area contributed by atoms with Crippen molar-refractivity contribution >= 4 is 16.1 Å². The van der Waals surface area contributed by atoms with Crippen LogP contribution in [0.2, 0.25) is 0 Å². The van der Waals surface area contributed by atoms with E-state index in [1.165, 1.54) is 11.1 Å². The van der Waals surface area contributed by atoms with Crippen LogP contribution in [-0.4, -0.2) is 18.8 Å². The van der Waals surface area contributed by atoms with Gasteiger partial charge in [0, 0.05) is 11.8 Å². The van der Waals surface area contributed by atoms with Crippen LogP contribution in [0.3, 0.4) is 0 Å². The molecule has 25 heavy (non-hydrogen) atoms. The molecule has 3 aliphatic carbocycles. The van der Waals surface area contributed by atoms with Crippen molar-refractivity contribution < 1.29 is 22.6 Å². The highest BCUT2D eigenvalue weighted by molar-refractivity contribution is 7.83. The van der Waals surface area contributed by atoms with E-state index in [1.54, 1.807) is 11.0 Å². The van der Waals surface area contributed by atoms with Gasteiger partial charge in [0.05, 0.1) is 0 Å². The molecule has 0 heterocycles. The van der Waals surface area contributed by atoms with Crippen LogP contribution in [0.4, 0.5) is 0 Å². The Balaban J connectivity index is 1.58. The zero-order valence-electron chi connectivity index (χ0n) is 14.2. The largest absolute Gasteiger partial charge is 0.392 e. The third-order valence-corrected chi connectivity index (χ3v) is 6.97. The van der Waals surface area contributed by atoms with E-state index in [4.69, 9.17) is 9.39 Å². The lowest BCUT2D eigenvalue weighted by Gasteiger charge is -2.48. The first kappa shape index (κ1) is 17.0. The molecule has 2 N–H and O–H groups in total. The average molecular weight is 365 g/mol. The van der Waals surface area contributed by atoms with Crippen molar-refractivity contribution in [3.63, 3.8) is 0 Å². The van der Waals surface area contributed by atoms with Gasteiger partial charge in [0.2, 0.25) is 0 Å². The fourth-order valence-electron chi connectivity index (χ4n) is 5.49. The molecule has 0 amide bonds. The number of carbonyl (C=O) groups is 1. The number of rotatable bonds is 3. The predicted molar refractivity (Wildman–Crippen MR) is 91.4 cm³/mol. The number of Topliss-reactive ketones (excluding diaryl/α,β-unsaturated/α-hetero) is 1. The van der Waals surface area contributed by atoms with E-state index in [0.717, 1.165) is 38.5 Å². The maximum atomic E-state index is 12.4. The Kier molecular flexibility index (Phi) is 3.94. The molecular weight excluding hydrogens is 342 g/mol. The quantitative estimate of drug-likeness (QED) is 0.635. The fraction of sp³-hybridized carbons (Fsp3) is 0.611. The van der Waals surface area contributed by atoms with Gasteiger partial charge in [-0.15, -0.1) is 0 Å². The molecule has 2 saturated carbocycles. The molecule has 3 aliphatic rings. The van der Waals surface area contributed by atoms with E-state index in [-0.39, 0.29) is 5.41 Å². The SMILES string of the molecule is C[C@]12CC[C@@H]3c4ccc(ONS(=O)(=O)O)cc4CC[C@H]3[C@@H]1CCC2=O. The van der Waals surface area contributed by atoms with Crippen molar-refractivity contribution in [1.82, 2.24) is 4.89 Å². The molecule has 0 radical (unpaired) electrons. The molecule has 136 valence electrons. The van der Waals surface area contributed by atoms with Gasteiger partial charge in [0.25, 0.3) is 0 Å². The predicted octanol–water partition coefficient (Wildman–Crippen LogP) is 2.80. The summed E-state index contributed by atoms with van der Waals surface area (Å²) in [5.74, 6) is 2.33. The Hall–Kier alpha value is -1.44. The monoisotopic (exact) mass is 365 g/mol. The zero-order valence-corrected chi connectivity index (χ0v) is 15.0. The first-order valence-electron chi connectivity index (χ1n) is 8.85. The molecule has 2 fully saturated rings. The Labute approximate surface area is 147 Å². The molecule has 7 heteroatoms. The highest BCUT2D eigenvalue weighted by Gasteiger charge is 2.54. The minimum atomic E-state index is -4.39. The summed E-state index contributed by atoms with van der Waals surface area (Å²) in [6.45, 7) is 2.16. The number of aryl methyl sites for hydroxylation is 1. The smallest absolute Gasteiger partial charge is 0.364 e. The Morgan fingerprint density at radius 1 is 1.24 bits per heavy atom. The minimum Gasteiger partial charge on any atom is -0.392 e. The Morgan fingerprint density at radius 3 is 2.80 bits per heavy atom. The van der Waals surface area contributed by atoms with Crippen LogP contribution in [0, 0.1) is 17.3 Å². The highest BCUT2D eigenvalue weighted by Crippen LogP contribution is 2.59. The first-order valence-corrected chi connectivity index (χ1v) is 10.3. The van der Waals surface area contributed by atoms with Gasteiger partial charge in [0.15, 0.2) is 0 Å². The van der Waals surface area contributed by atoms with Crippen LogP contribution in [0.1, 0.15) is 56.1 Å². The molecule has 6 nitrogen and oxygen atoms in total. The second kappa shape index (κ2) is 5.79. The lowest BCUT2D eigenvalue weighted by molar-refractivity contribution is -0.129. The Morgan fingerprint density at radius 2 is 2.04 bits per heavy atom. The molecule has 4 rings (SSSR count). The van der Waals surface area contributed by atoms with Gasteiger partial charge in [-0.05, 0) is 78.0 Å². The van der Waals surface area contributed by atoms with Crippen LogP contribution < -0.4 is 9.72 Å². The third-order valence-electron chi connectivity index (χ3n) is 6.67. The van der Waals surface area contributed by atoms with Crippen LogP contribution >= 0.6 is 0 Å². The number of carbonyl (C=O) groups excluding carboxylic acids is 1. The molecule has 0 aromatic heterocycles. The second-order valence-electron chi connectivity index (χ2n) is 7.85. The van der Waals surface area contributed by atoms with Crippen molar-refractivity contribution in [1.29, 1.82) is 0 Å². The van der Waals surface area contributed by atoms with E-state index < -0.39 is 10.3 Å². The van der Waals surface area contributed by atoms with Crippen LogP contribution in [0.5, 0.6) is 5.75 Å². The fourth-order valence-corrected chi connectivity index (χ4v) is 5.70. The number of ketones is 1. The topological polar surface area (TPSA) is 92.7 Å². The molecule has 0 aliphatic heterocycles. The van der Waals surface area contributed by atoms with Crippen LogP contribution in [-0.2, 0) is 21.5 Å². The molecule has 0 bridgehead atoms. The van der Waals surface area contributed by atoms with E-state index >= 15 is 0 Å². The van der Waals surface area contributed by atoms with Crippen molar-refractivity contribution in [2.75, 3.05) is 0 Å². The summed E-state index contributed by atoms with van der Waals surface area (Å²) >= 11 is 0. The number of nitrogens with one attached hydrogen (secondary N) is 1. The summed E-state index contributed by atoms with van der Waals surface area (Å²) in [5.41, 5.74) is 2.35. The second-order valence-corrected chi connectivity index (χ2v) is 8.97. The van der Waals surface area contributed by atoms with Gasteiger partial charge in [-0.25, -0.2) is 0 Å². The van der Waals surface area contributed by atoms with Crippen molar-refractivity contribution in [3.8, 4) is 5.75 Å². The van der Waals surface area contributed by atoms with Crippen molar-refractivity contribution in [2.45, 2.75) is 51.4 Å². The molecular formula is C18H23NO5S. The van der Waals surface area contributed by atoms with Crippen LogP contribution in [0.15, 0.2) is 18.2 Å². The molecule has 0 saturated heterocycles. The normalized spacial score (nSPS) is 34.2. The van der Waals surface area contributed by atoms with Gasteiger partial charge >= 0.3 is 10.3 Å². The maximum absolute atomic E-state index is 12.4. The average Bonchev–Trinajstić information content (AvgIpc) is 2.87. The molecule has 1 aromatic rings. The summed E-state index contributed by atoms with van der Waals surface area (Å²) in [5, 5.41) is 0. The molecule has 0 spiro atoms. The van der Waals surface area contributed by atoms with E-state index in [1.807, 2.05) is 12.1 Å². The summed E-state index contributed by atoms with van der Waals surface area (Å²) < 4.78 is 30.2. The lowest BCUT2D eigenvalue weighted by Crippen LogP contribution is -2.42. The van der Waals surface area contributed by atoms with Crippen molar-refractivity contribution in [3.05, 3.63) is 29.3 Å². The molecule has 4 atom stereocenters. The van der Waals surface area contributed by atoms with Gasteiger partial charge in [-0.2, -0.15) is 8.42 Å². The number of fused-ring (bicyclic) bond motifs is 5. The molecule has 0 unspecified atom stereocenters. The molecule has 1 aromatic carbocycles. The van der Waals surface area contributed by atoms with Crippen LogP contribution in [0.25, 0.3) is 0 Å². The minimum absolute atomic E-state index is 0.124. The van der Waals surface area contributed by atoms with Gasteiger partial charge in [-0.1, -0.05) is 13.0 Å². The van der Waals surface area contributed by atoms with E-state index in [0.29, 0.717) is 29.3 Å². The van der Waals surface area contributed by atoms with Gasteiger partial charge < -0.3 is 4.84 Å². The zero-order chi connectivity index (χ0) is 17.8. The summed E-state index contributed by atoms with van der Waals surface area (Å²) in [4.78, 5) is 18.9. The highest BCUT2D eigenvalue weighted by atomic mass is 32.2. The summed E-state index contributed by atoms with van der Waals surface area (Å²) in [6, 6.07) is 5.58. The maximum Gasteiger partial charge on any atom is 0.364 e. The summed E-state index contributed by atoms with van der Waals surface area (Å²) in [6.07, 6.45) is 5.69. The number of hydrogen-bond acceptors (Lipinski definition) is 4. The standard InChI is InChI=1S/C18H23NO5S/c1-18-9-8-14-13-5-3-12(24-19-25(21,22)23)10-11(13)2-4-15(14)16(18)6-7-17(18)20/h3,5,10,14-16,19H,2,4,6-9H2,1H3,(H,21,22,23)/t14-,15-,16+,18+/m1/s1. The number of benzene rings is 1. The van der Waals surface area contributed by atoms with Crippen molar-refractivity contribution in [2.24, 2.45) is 17.3 Å². The lowest BCUT2D eigenvalue weighted by atomic mass is 9.55. The Bertz CT molecular complexity index is 821. The van der Waals surface area contributed by atoms with Gasteiger partial charge in [0.1, 0.15) is 11.5 Å². The first-order chi connectivity index (χ1) is 11.8. The summed E-state index contributed by atoms with van der Waals surface area (Å²) in [7, 11) is -4.39. The van der Waals surface area contributed by atoms with Gasteiger partial charge in [-0.3, -0.25) is 9.35 Å².